The monoisotopic (exact) mass is 521 g/mol. The zero-order valence-corrected chi connectivity index (χ0v) is 22.3. The zero-order valence-electron chi connectivity index (χ0n) is 21.5. The SMILES string of the molecule is CCOC(=O)C1=C(C)N=c2s/c(=C/c3ccc(N4CCC(C)CC4)o3)c(=O)n2[C@@H]1c1cccc(OC)c1. The van der Waals surface area contributed by atoms with Crippen molar-refractivity contribution in [1.82, 2.24) is 4.57 Å². The fraction of sp³-hybridized carbons (Fsp3) is 0.393. The van der Waals surface area contributed by atoms with E-state index < -0.39 is 12.0 Å². The van der Waals surface area contributed by atoms with Crippen LogP contribution < -0.4 is 24.5 Å². The van der Waals surface area contributed by atoms with Crippen LogP contribution in [0.5, 0.6) is 5.75 Å². The zero-order chi connectivity index (χ0) is 26.1. The molecule has 8 nitrogen and oxygen atoms in total. The summed E-state index contributed by atoms with van der Waals surface area (Å²) < 4.78 is 18.9. The molecule has 3 aromatic rings. The van der Waals surface area contributed by atoms with Crippen LogP contribution in [0.1, 0.15) is 51.0 Å². The molecule has 4 heterocycles. The number of thiazole rings is 1. The summed E-state index contributed by atoms with van der Waals surface area (Å²) in [5.74, 6) is 2.30. The molecule has 1 aromatic carbocycles. The normalized spacial score (nSPS) is 18.5. The van der Waals surface area contributed by atoms with Crippen molar-refractivity contribution in [3.63, 3.8) is 0 Å². The molecule has 0 amide bonds. The number of ether oxygens (including phenoxy) is 2. The Balaban J connectivity index is 1.59. The van der Waals surface area contributed by atoms with Gasteiger partial charge in [-0.3, -0.25) is 9.36 Å². The Morgan fingerprint density at radius 1 is 1.24 bits per heavy atom. The summed E-state index contributed by atoms with van der Waals surface area (Å²) in [5.41, 5.74) is 1.37. The molecule has 1 saturated heterocycles. The van der Waals surface area contributed by atoms with Gasteiger partial charge in [0.25, 0.3) is 5.56 Å². The fourth-order valence-corrected chi connectivity index (χ4v) is 5.89. The minimum absolute atomic E-state index is 0.224. The first-order valence-electron chi connectivity index (χ1n) is 12.6. The molecule has 0 aliphatic carbocycles. The maximum Gasteiger partial charge on any atom is 0.338 e. The number of carbonyl (C=O) groups excluding carboxylic acids is 1. The summed E-state index contributed by atoms with van der Waals surface area (Å²) in [5, 5.41) is 0. The second-order valence-electron chi connectivity index (χ2n) is 9.42. The van der Waals surface area contributed by atoms with E-state index in [0.29, 0.717) is 32.1 Å². The van der Waals surface area contributed by atoms with Gasteiger partial charge in [-0.05, 0) is 56.4 Å². The van der Waals surface area contributed by atoms with Gasteiger partial charge in [0.2, 0.25) is 0 Å². The van der Waals surface area contributed by atoms with Crippen molar-refractivity contribution in [1.29, 1.82) is 0 Å². The Labute approximate surface area is 219 Å². The van der Waals surface area contributed by atoms with Gasteiger partial charge in [-0.25, -0.2) is 9.79 Å². The number of hydrogen-bond donors (Lipinski definition) is 0. The van der Waals surface area contributed by atoms with Crippen molar-refractivity contribution in [3.05, 3.63) is 78.7 Å². The highest BCUT2D eigenvalue weighted by Crippen LogP contribution is 2.32. The largest absolute Gasteiger partial charge is 0.497 e. The lowest BCUT2D eigenvalue weighted by atomic mass is 9.95. The fourth-order valence-electron chi connectivity index (χ4n) is 4.87. The van der Waals surface area contributed by atoms with E-state index in [1.807, 2.05) is 36.4 Å². The Hall–Kier alpha value is -3.59. The Morgan fingerprint density at radius 2 is 2.03 bits per heavy atom. The number of allylic oxidation sites excluding steroid dienone is 1. The van der Waals surface area contributed by atoms with Crippen LogP contribution in [0.2, 0.25) is 0 Å². The Kier molecular flexibility index (Phi) is 7.06. The van der Waals surface area contributed by atoms with Gasteiger partial charge < -0.3 is 18.8 Å². The van der Waals surface area contributed by atoms with Crippen LogP contribution in [0.3, 0.4) is 0 Å². The van der Waals surface area contributed by atoms with Gasteiger partial charge in [-0.2, -0.15) is 0 Å². The first-order valence-corrected chi connectivity index (χ1v) is 13.4. The standard InChI is InChI=1S/C28H31N3O5S/c1-5-35-27(33)24-18(3)29-28-31(25(24)19-7-6-8-20(15-19)34-4)26(32)22(37-28)16-21-9-10-23(36-21)30-13-11-17(2)12-14-30/h6-10,15-17,25H,5,11-14H2,1-4H3/b22-16+/t25-/m1/s1. The van der Waals surface area contributed by atoms with E-state index >= 15 is 0 Å². The molecule has 1 fully saturated rings. The number of furan rings is 1. The highest BCUT2D eigenvalue weighted by molar-refractivity contribution is 7.07. The van der Waals surface area contributed by atoms with E-state index in [1.54, 1.807) is 31.6 Å². The van der Waals surface area contributed by atoms with E-state index in [1.165, 1.54) is 11.3 Å². The minimum Gasteiger partial charge on any atom is -0.497 e. The second-order valence-corrected chi connectivity index (χ2v) is 10.4. The number of benzene rings is 1. The van der Waals surface area contributed by atoms with Gasteiger partial charge in [0.15, 0.2) is 10.7 Å². The summed E-state index contributed by atoms with van der Waals surface area (Å²) >= 11 is 1.28. The topological polar surface area (TPSA) is 86.3 Å². The number of aromatic nitrogens is 1. The van der Waals surface area contributed by atoms with Crippen molar-refractivity contribution < 1.29 is 18.7 Å². The smallest absolute Gasteiger partial charge is 0.338 e. The molecular weight excluding hydrogens is 490 g/mol. The van der Waals surface area contributed by atoms with Crippen molar-refractivity contribution in [3.8, 4) is 5.75 Å². The Morgan fingerprint density at radius 3 is 2.76 bits per heavy atom. The number of rotatable bonds is 6. The molecule has 37 heavy (non-hydrogen) atoms. The lowest BCUT2D eigenvalue weighted by molar-refractivity contribution is -0.139. The van der Waals surface area contributed by atoms with Crippen LogP contribution in [0.25, 0.3) is 6.08 Å². The van der Waals surface area contributed by atoms with Gasteiger partial charge in [0.05, 0.1) is 35.6 Å². The number of piperidine rings is 1. The third-order valence-electron chi connectivity index (χ3n) is 6.91. The highest BCUT2D eigenvalue weighted by Gasteiger charge is 2.33. The average molecular weight is 522 g/mol. The summed E-state index contributed by atoms with van der Waals surface area (Å²) in [6, 6.07) is 10.5. The third-order valence-corrected chi connectivity index (χ3v) is 7.89. The maximum atomic E-state index is 13.8. The van der Waals surface area contributed by atoms with Crippen molar-refractivity contribution in [2.45, 2.75) is 39.7 Å². The van der Waals surface area contributed by atoms with E-state index in [-0.39, 0.29) is 12.2 Å². The number of hydrogen-bond acceptors (Lipinski definition) is 8. The molecular formula is C28H31N3O5S. The second kappa shape index (κ2) is 10.4. The molecule has 5 rings (SSSR count). The highest BCUT2D eigenvalue weighted by atomic mass is 32.1. The predicted octanol–water partition coefficient (Wildman–Crippen LogP) is 3.64. The quantitative estimate of drug-likeness (QED) is 0.461. The van der Waals surface area contributed by atoms with E-state index in [9.17, 15) is 9.59 Å². The van der Waals surface area contributed by atoms with Crippen LogP contribution in [0.4, 0.5) is 5.88 Å². The van der Waals surface area contributed by atoms with Crippen LogP contribution in [0.15, 0.2) is 61.9 Å². The number of anilines is 1. The molecule has 0 N–H and O–H groups in total. The molecule has 194 valence electrons. The number of methoxy groups -OCH3 is 1. The summed E-state index contributed by atoms with van der Waals surface area (Å²) in [6.45, 7) is 7.96. The summed E-state index contributed by atoms with van der Waals surface area (Å²) in [4.78, 5) is 34.2. The number of nitrogens with zero attached hydrogens (tertiary/aromatic N) is 3. The van der Waals surface area contributed by atoms with Crippen molar-refractivity contribution >= 4 is 29.3 Å². The van der Waals surface area contributed by atoms with E-state index in [0.717, 1.165) is 43.3 Å². The van der Waals surface area contributed by atoms with Gasteiger partial charge in [0.1, 0.15) is 11.5 Å². The first kappa shape index (κ1) is 25.1. The molecule has 0 unspecified atom stereocenters. The number of fused-ring (bicyclic) bond motifs is 1. The van der Waals surface area contributed by atoms with Gasteiger partial charge in [-0.1, -0.05) is 30.4 Å². The third kappa shape index (κ3) is 4.87. The van der Waals surface area contributed by atoms with Gasteiger partial charge in [-0.15, -0.1) is 0 Å². The number of carbonyl (C=O) groups is 1. The van der Waals surface area contributed by atoms with Crippen molar-refractivity contribution in [2.24, 2.45) is 10.9 Å². The minimum atomic E-state index is -0.685. The molecule has 2 aliphatic heterocycles. The molecule has 9 heteroatoms. The molecule has 2 aromatic heterocycles. The lowest BCUT2D eigenvalue weighted by Gasteiger charge is -2.29. The first-order chi connectivity index (χ1) is 17.9. The predicted molar refractivity (Wildman–Crippen MR) is 143 cm³/mol. The average Bonchev–Trinajstić information content (AvgIpc) is 3.48. The maximum absolute atomic E-state index is 13.8. The van der Waals surface area contributed by atoms with Gasteiger partial charge in [0, 0.05) is 25.2 Å². The van der Waals surface area contributed by atoms with Crippen LogP contribution >= 0.6 is 11.3 Å². The molecule has 0 bridgehead atoms. The molecule has 0 saturated carbocycles. The molecule has 0 spiro atoms. The lowest BCUT2D eigenvalue weighted by Crippen LogP contribution is -2.39. The van der Waals surface area contributed by atoms with Crippen LogP contribution in [-0.2, 0) is 9.53 Å². The van der Waals surface area contributed by atoms with Crippen molar-refractivity contribution in [2.75, 3.05) is 31.7 Å². The summed E-state index contributed by atoms with van der Waals surface area (Å²) in [7, 11) is 1.58. The summed E-state index contributed by atoms with van der Waals surface area (Å²) in [6.07, 6.45) is 4.04. The molecule has 1 atom stereocenters. The van der Waals surface area contributed by atoms with Gasteiger partial charge >= 0.3 is 5.97 Å². The molecule has 2 aliphatic rings. The van der Waals surface area contributed by atoms with Crippen LogP contribution in [0, 0.1) is 5.92 Å². The van der Waals surface area contributed by atoms with E-state index in [4.69, 9.17) is 13.9 Å². The number of esters is 1. The van der Waals surface area contributed by atoms with Crippen LogP contribution in [-0.4, -0.2) is 37.3 Å². The Bertz CT molecular complexity index is 1520. The molecule has 0 radical (unpaired) electrons. The van der Waals surface area contributed by atoms with E-state index in [2.05, 4.69) is 16.8 Å².